The van der Waals surface area contributed by atoms with Gasteiger partial charge in [-0.25, -0.2) is 0 Å². The second-order valence-corrected chi connectivity index (χ2v) is 11.6. The van der Waals surface area contributed by atoms with Gasteiger partial charge in [-0.05, 0) is 123 Å². The zero-order valence-corrected chi connectivity index (χ0v) is 25.9. The SMILES string of the molecule is [2H]c1c([2H])c([2H])c2c([2H])c(-c3c([2H])c([2H])c4c(-c5cccc(-c6cccc7ccccc67)c5)c5c([2H])c([2H])c([2H])c([2H])c5c(-c5c([2H])c([2H])c6c([2H])c([2H])c([2H])c([2H])c6c5[2H])c4c3[2H])c([2H])c([2H])c2c1[2H]. The highest BCUT2D eigenvalue weighted by atomic mass is 14.2. The predicted octanol–water partition coefficient (Wildman–Crippen LogP) is 14.1. The number of benzene rings is 10. The van der Waals surface area contributed by atoms with Crippen LogP contribution < -0.4 is 0 Å². The van der Waals surface area contributed by atoms with Gasteiger partial charge in [-0.15, -0.1) is 0 Å². The van der Waals surface area contributed by atoms with Crippen LogP contribution >= 0.6 is 0 Å². The Labute approximate surface area is 321 Å². The van der Waals surface area contributed by atoms with Crippen LogP contribution in [0.25, 0.3) is 98.4 Å². The van der Waals surface area contributed by atoms with E-state index in [9.17, 15) is 13.7 Å². The summed E-state index contributed by atoms with van der Waals surface area (Å²) in [5, 5.41) is -1.90. The quantitative estimate of drug-likeness (QED) is 0.166. The van der Waals surface area contributed by atoms with E-state index in [-0.39, 0.29) is 21.9 Å². The molecule has 0 aliphatic rings. The van der Waals surface area contributed by atoms with E-state index in [1.165, 1.54) is 0 Å². The lowest BCUT2D eigenvalue weighted by Gasteiger charge is -2.19. The first kappa shape index (κ1) is 14.5. The van der Waals surface area contributed by atoms with Gasteiger partial charge in [0.1, 0.15) is 0 Å². The molecular formula is C50H32. The van der Waals surface area contributed by atoms with Crippen molar-refractivity contribution < 1.29 is 28.8 Å². The molecule has 0 nitrogen and oxygen atoms in total. The molecule has 0 unspecified atom stereocenters. The summed E-state index contributed by atoms with van der Waals surface area (Å²) < 4.78 is 191. The van der Waals surface area contributed by atoms with Gasteiger partial charge in [0.25, 0.3) is 0 Å². The van der Waals surface area contributed by atoms with E-state index >= 15 is 0 Å². The van der Waals surface area contributed by atoms with Gasteiger partial charge in [-0.3, -0.25) is 0 Å². The molecule has 0 spiro atoms. The van der Waals surface area contributed by atoms with Crippen molar-refractivity contribution in [2.24, 2.45) is 0 Å². The van der Waals surface area contributed by atoms with Gasteiger partial charge in [0.05, 0.1) is 28.8 Å². The number of rotatable bonds is 4. The molecule has 0 saturated carbocycles. The van der Waals surface area contributed by atoms with Crippen molar-refractivity contribution >= 4 is 53.9 Å². The molecule has 10 aromatic carbocycles. The lowest BCUT2D eigenvalue weighted by Crippen LogP contribution is -1.92. The van der Waals surface area contributed by atoms with Gasteiger partial charge in [0.15, 0.2) is 0 Å². The van der Waals surface area contributed by atoms with Crippen molar-refractivity contribution in [1.29, 1.82) is 0 Å². The molecule has 0 saturated heterocycles. The molecule has 10 rings (SSSR count). The van der Waals surface area contributed by atoms with E-state index in [2.05, 4.69) is 0 Å². The maximum atomic E-state index is 10.2. The summed E-state index contributed by atoms with van der Waals surface area (Å²) in [4.78, 5) is 0. The van der Waals surface area contributed by atoms with E-state index < -0.39 is 181 Å². The minimum atomic E-state index is -0.867. The standard InChI is InChI=1S/C50H32/c1-3-14-36-29-38(25-23-33(36)11-1)39-27-28-47-48(32-39)50(42-26-24-34-12-2-4-15-37(34)30-42)46-21-8-7-20-45(46)49(47)41-18-9-17-40(31-41)44-22-10-16-35-13-5-6-19-43(35)44/h1-32H/i1D,2D,3D,4D,7D,8D,11D,12D,14D,15D,20D,21D,23D,24D,25D,26D,27D,28D,29D,30D,32D. The Kier molecular flexibility index (Phi) is 3.37. The fraction of sp³-hybridized carbons (Fsp3) is 0. The molecule has 0 amide bonds. The molecule has 0 fully saturated rings. The molecule has 0 heteroatoms. The van der Waals surface area contributed by atoms with Gasteiger partial charge in [0, 0.05) is 0 Å². The summed E-state index contributed by atoms with van der Waals surface area (Å²) in [6, 6.07) is 3.53. The fourth-order valence-electron chi connectivity index (χ4n) is 6.51. The summed E-state index contributed by atoms with van der Waals surface area (Å²) in [5.41, 5.74) is -1.09. The van der Waals surface area contributed by atoms with Crippen molar-refractivity contribution in [2.75, 3.05) is 0 Å². The van der Waals surface area contributed by atoms with E-state index in [1.807, 2.05) is 42.5 Å². The molecule has 232 valence electrons. The molecule has 0 heterocycles. The summed E-state index contributed by atoms with van der Waals surface area (Å²) in [7, 11) is 0. The Balaban J connectivity index is 1.51. The maximum absolute atomic E-state index is 10.2. The minimum Gasteiger partial charge on any atom is -0.0616 e. The monoisotopic (exact) mass is 653 g/mol. The van der Waals surface area contributed by atoms with E-state index in [0.717, 1.165) is 16.3 Å². The molecule has 50 heavy (non-hydrogen) atoms. The van der Waals surface area contributed by atoms with Crippen LogP contribution in [0.2, 0.25) is 0 Å². The molecule has 0 radical (unpaired) electrons. The number of hydrogen-bond acceptors (Lipinski definition) is 0. The average Bonchev–Trinajstić information content (AvgIpc) is 3.36. The lowest BCUT2D eigenvalue weighted by atomic mass is 9.84. The van der Waals surface area contributed by atoms with Gasteiger partial charge in [-0.2, -0.15) is 0 Å². The van der Waals surface area contributed by atoms with Crippen molar-refractivity contribution in [3.63, 3.8) is 0 Å². The molecule has 0 aliphatic heterocycles. The zero-order valence-electron chi connectivity index (χ0n) is 46.9. The highest BCUT2D eigenvalue weighted by Gasteiger charge is 2.18. The number of fused-ring (bicyclic) bond motifs is 5. The van der Waals surface area contributed by atoms with Gasteiger partial charge in [-0.1, -0.05) is 169 Å². The fourth-order valence-corrected chi connectivity index (χ4v) is 6.51. The van der Waals surface area contributed by atoms with Crippen LogP contribution in [0.15, 0.2) is 194 Å². The third-order valence-electron chi connectivity index (χ3n) is 8.75. The Morgan fingerprint density at radius 2 is 0.840 bits per heavy atom. The second kappa shape index (κ2) is 11.6. The topological polar surface area (TPSA) is 0 Å². The molecule has 0 bridgehead atoms. The molecule has 0 N–H and O–H groups in total. The lowest BCUT2D eigenvalue weighted by molar-refractivity contribution is 1.63. The van der Waals surface area contributed by atoms with E-state index in [0.29, 0.717) is 5.56 Å². The van der Waals surface area contributed by atoms with Crippen LogP contribution in [0.3, 0.4) is 0 Å². The first-order valence-corrected chi connectivity index (χ1v) is 15.6. The van der Waals surface area contributed by atoms with Crippen LogP contribution in [0.5, 0.6) is 0 Å². The second-order valence-electron chi connectivity index (χ2n) is 11.6. The van der Waals surface area contributed by atoms with Crippen LogP contribution in [-0.4, -0.2) is 0 Å². The van der Waals surface area contributed by atoms with Crippen LogP contribution in [-0.2, 0) is 0 Å². The van der Waals surface area contributed by atoms with Crippen LogP contribution in [0.4, 0.5) is 0 Å². The van der Waals surface area contributed by atoms with Crippen molar-refractivity contribution in [2.45, 2.75) is 0 Å². The first-order chi connectivity index (χ1) is 33.6. The summed E-state index contributed by atoms with van der Waals surface area (Å²) >= 11 is 0. The molecule has 0 aromatic heterocycles. The Bertz CT molecular complexity index is 4120. The zero-order chi connectivity index (χ0) is 51.3. The van der Waals surface area contributed by atoms with Crippen molar-refractivity contribution in [1.82, 2.24) is 0 Å². The summed E-state index contributed by atoms with van der Waals surface area (Å²) in [6.07, 6.45) is 0. The highest BCUT2D eigenvalue weighted by Crippen LogP contribution is 2.46. The smallest absolute Gasteiger partial charge is 0.0616 e. The van der Waals surface area contributed by atoms with Crippen LogP contribution in [0, 0.1) is 0 Å². The van der Waals surface area contributed by atoms with Gasteiger partial charge in [0.2, 0.25) is 0 Å². The Morgan fingerprint density at radius 1 is 0.300 bits per heavy atom. The van der Waals surface area contributed by atoms with Crippen molar-refractivity contribution in [3.8, 4) is 44.5 Å². The van der Waals surface area contributed by atoms with E-state index in [4.69, 9.17) is 15.1 Å². The Hall–Kier alpha value is -6.50. The summed E-state index contributed by atoms with van der Waals surface area (Å²) in [6.45, 7) is 0. The molecular weight excluding hydrogens is 601 g/mol. The van der Waals surface area contributed by atoms with E-state index in [1.54, 1.807) is 24.3 Å². The first-order valence-electron chi connectivity index (χ1n) is 26.1. The van der Waals surface area contributed by atoms with Crippen LogP contribution in [0.1, 0.15) is 28.8 Å². The van der Waals surface area contributed by atoms with Gasteiger partial charge < -0.3 is 0 Å². The van der Waals surface area contributed by atoms with Crippen molar-refractivity contribution in [3.05, 3.63) is 194 Å². The normalized spacial score (nSPS) is 17.5. The third kappa shape index (κ3) is 4.69. The molecule has 0 aliphatic carbocycles. The number of hydrogen-bond donors (Lipinski definition) is 0. The Morgan fingerprint density at radius 3 is 1.62 bits per heavy atom. The molecule has 0 atom stereocenters. The maximum Gasteiger partial charge on any atom is 0.0636 e. The predicted molar refractivity (Wildman–Crippen MR) is 216 cm³/mol. The van der Waals surface area contributed by atoms with Gasteiger partial charge >= 0.3 is 0 Å². The average molecular weight is 654 g/mol. The summed E-state index contributed by atoms with van der Waals surface area (Å²) in [5.74, 6) is 0. The highest BCUT2D eigenvalue weighted by molar-refractivity contribution is 6.22. The molecule has 10 aromatic rings. The third-order valence-corrected chi connectivity index (χ3v) is 8.75. The largest absolute Gasteiger partial charge is 0.0636 e. The minimum absolute atomic E-state index is 0.107.